The first-order valence-corrected chi connectivity index (χ1v) is 9.22. The second kappa shape index (κ2) is 6.98. The third-order valence-corrected chi connectivity index (χ3v) is 5.29. The predicted molar refractivity (Wildman–Crippen MR) is 97.3 cm³/mol. The first kappa shape index (κ1) is 16.3. The van der Waals surface area contributed by atoms with Crippen molar-refractivity contribution < 1.29 is 9.47 Å². The van der Waals surface area contributed by atoms with Crippen LogP contribution >= 0.6 is 23.4 Å². The summed E-state index contributed by atoms with van der Waals surface area (Å²) >= 11 is 7.55. The smallest absolute Gasteiger partial charge is 0.192 e. The summed E-state index contributed by atoms with van der Waals surface area (Å²) in [4.78, 5) is 0. The zero-order chi connectivity index (χ0) is 17.2. The van der Waals surface area contributed by atoms with Gasteiger partial charge in [0.1, 0.15) is 6.61 Å². The lowest BCUT2D eigenvalue weighted by Gasteiger charge is -2.25. The van der Waals surface area contributed by atoms with Crippen LogP contribution in [0.15, 0.2) is 53.7 Å². The molecule has 1 atom stereocenters. The Balaban J connectivity index is 1.47. The third kappa shape index (κ3) is 3.45. The van der Waals surface area contributed by atoms with Gasteiger partial charge in [0.25, 0.3) is 0 Å². The SMILES string of the molecule is Cn1c(SCc2ccc(Cl)cc2)nnc1[C@@H]1COc2ccccc2O1. The quantitative estimate of drug-likeness (QED) is 0.639. The fourth-order valence-electron chi connectivity index (χ4n) is 2.61. The first-order chi connectivity index (χ1) is 12.2. The van der Waals surface area contributed by atoms with Crippen LogP contribution in [0, 0.1) is 0 Å². The van der Waals surface area contributed by atoms with Crippen molar-refractivity contribution in [1.82, 2.24) is 14.8 Å². The highest BCUT2D eigenvalue weighted by atomic mass is 35.5. The molecule has 5 nitrogen and oxygen atoms in total. The molecule has 0 saturated heterocycles. The van der Waals surface area contributed by atoms with Gasteiger partial charge < -0.3 is 14.0 Å². The van der Waals surface area contributed by atoms with E-state index in [-0.39, 0.29) is 6.10 Å². The molecule has 128 valence electrons. The second-order valence-electron chi connectivity index (χ2n) is 5.68. The highest BCUT2D eigenvalue weighted by Gasteiger charge is 2.27. The normalized spacial score (nSPS) is 16.0. The minimum atomic E-state index is -0.266. The number of rotatable bonds is 4. The highest BCUT2D eigenvalue weighted by molar-refractivity contribution is 7.98. The van der Waals surface area contributed by atoms with E-state index in [2.05, 4.69) is 10.2 Å². The van der Waals surface area contributed by atoms with Crippen LogP contribution in [-0.2, 0) is 12.8 Å². The molecule has 0 amide bonds. The number of para-hydroxylation sites is 2. The molecule has 0 spiro atoms. The van der Waals surface area contributed by atoms with Crippen LogP contribution in [0.1, 0.15) is 17.5 Å². The van der Waals surface area contributed by atoms with Crippen molar-refractivity contribution in [1.29, 1.82) is 0 Å². The molecule has 0 bridgehead atoms. The van der Waals surface area contributed by atoms with Crippen LogP contribution < -0.4 is 9.47 Å². The molecule has 0 saturated carbocycles. The Bertz CT molecular complexity index is 882. The average Bonchev–Trinajstić information content (AvgIpc) is 3.01. The standard InChI is InChI=1S/C18H16ClN3O2S/c1-22-17(16-10-23-14-4-2-3-5-15(14)24-16)20-21-18(22)25-11-12-6-8-13(19)9-7-12/h2-9,16H,10-11H2,1H3/t16-/m0/s1. The molecular weight excluding hydrogens is 358 g/mol. The molecule has 1 aliphatic heterocycles. The summed E-state index contributed by atoms with van der Waals surface area (Å²) in [5.74, 6) is 3.05. The van der Waals surface area contributed by atoms with Crippen LogP contribution in [0.5, 0.6) is 11.5 Å². The van der Waals surface area contributed by atoms with Crippen molar-refractivity contribution >= 4 is 23.4 Å². The lowest BCUT2D eigenvalue weighted by atomic mass is 10.2. The van der Waals surface area contributed by atoms with Crippen molar-refractivity contribution in [3.8, 4) is 11.5 Å². The summed E-state index contributed by atoms with van der Waals surface area (Å²) in [5.41, 5.74) is 1.19. The number of hydrogen-bond acceptors (Lipinski definition) is 5. The van der Waals surface area contributed by atoms with E-state index in [1.807, 2.05) is 60.1 Å². The molecule has 1 aromatic heterocycles. The van der Waals surface area contributed by atoms with Crippen LogP contribution in [0.2, 0.25) is 5.02 Å². The van der Waals surface area contributed by atoms with Gasteiger partial charge in [0.05, 0.1) is 0 Å². The van der Waals surface area contributed by atoms with Gasteiger partial charge in [-0.25, -0.2) is 0 Å². The van der Waals surface area contributed by atoms with Gasteiger partial charge in [0.15, 0.2) is 28.6 Å². The third-order valence-electron chi connectivity index (χ3n) is 3.95. The van der Waals surface area contributed by atoms with E-state index in [1.165, 1.54) is 5.56 Å². The highest BCUT2D eigenvalue weighted by Crippen LogP contribution is 2.36. The Kier molecular flexibility index (Phi) is 4.55. The number of thioether (sulfide) groups is 1. The van der Waals surface area contributed by atoms with E-state index >= 15 is 0 Å². The van der Waals surface area contributed by atoms with E-state index in [0.717, 1.165) is 33.3 Å². The van der Waals surface area contributed by atoms with E-state index in [4.69, 9.17) is 21.1 Å². The summed E-state index contributed by atoms with van der Waals surface area (Å²) < 4.78 is 13.7. The molecule has 0 unspecified atom stereocenters. The van der Waals surface area contributed by atoms with Crippen LogP contribution in [0.3, 0.4) is 0 Å². The second-order valence-corrected chi connectivity index (χ2v) is 7.06. The van der Waals surface area contributed by atoms with Crippen molar-refractivity contribution in [2.75, 3.05) is 6.61 Å². The summed E-state index contributed by atoms with van der Waals surface area (Å²) in [7, 11) is 1.95. The summed E-state index contributed by atoms with van der Waals surface area (Å²) in [6, 6.07) is 15.5. The van der Waals surface area contributed by atoms with Gasteiger partial charge in [-0.3, -0.25) is 0 Å². The van der Waals surface area contributed by atoms with Crippen molar-refractivity contribution in [3.63, 3.8) is 0 Å². The number of hydrogen-bond donors (Lipinski definition) is 0. The molecule has 0 N–H and O–H groups in total. The Morgan fingerprint density at radius 1 is 1.12 bits per heavy atom. The zero-order valence-electron chi connectivity index (χ0n) is 13.6. The maximum absolute atomic E-state index is 6.02. The van der Waals surface area contributed by atoms with Gasteiger partial charge >= 0.3 is 0 Å². The monoisotopic (exact) mass is 373 g/mol. The van der Waals surface area contributed by atoms with Crippen molar-refractivity contribution in [2.24, 2.45) is 7.05 Å². The number of halogens is 1. The number of aromatic nitrogens is 3. The molecule has 3 aromatic rings. The molecule has 0 radical (unpaired) electrons. The predicted octanol–water partition coefficient (Wildman–Crippen LogP) is 4.27. The molecule has 4 rings (SSSR count). The van der Waals surface area contributed by atoms with E-state index in [1.54, 1.807) is 11.8 Å². The summed E-state index contributed by atoms with van der Waals surface area (Å²) in [5, 5.41) is 10.2. The molecule has 2 aromatic carbocycles. The van der Waals surface area contributed by atoms with Gasteiger partial charge in [-0.15, -0.1) is 10.2 Å². The fraction of sp³-hybridized carbons (Fsp3) is 0.222. The molecule has 25 heavy (non-hydrogen) atoms. The number of benzene rings is 2. The Morgan fingerprint density at radius 2 is 1.88 bits per heavy atom. The average molecular weight is 374 g/mol. The minimum absolute atomic E-state index is 0.266. The van der Waals surface area contributed by atoms with Crippen LogP contribution in [0.4, 0.5) is 0 Å². The first-order valence-electron chi connectivity index (χ1n) is 7.86. The van der Waals surface area contributed by atoms with Gasteiger partial charge in [-0.05, 0) is 29.8 Å². The van der Waals surface area contributed by atoms with E-state index < -0.39 is 0 Å². The molecular formula is C18H16ClN3O2S. The fourth-order valence-corrected chi connectivity index (χ4v) is 3.61. The largest absolute Gasteiger partial charge is 0.485 e. The number of nitrogens with zero attached hydrogens (tertiary/aromatic N) is 3. The molecule has 0 fully saturated rings. The molecule has 2 heterocycles. The topological polar surface area (TPSA) is 49.2 Å². The molecule has 1 aliphatic rings. The Hall–Kier alpha value is -2.18. The molecule has 0 aliphatic carbocycles. The van der Waals surface area contributed by atoms with Crippen LogP contribution in [-0.4, -0.2) is 21.4 Å². The minimum Gasteiger partial charge on any atom is -0.485 e. The van der Waals surface area contributed by atoms with Gasteiger partial charge in [0, 0.05) is 17.8 Å². The van der Waals surface area contributed by atoms with E-state index in [9.17, 15) is 0 Å². The van der Waals surface area contributed by atoms with Gasteiger partial charge in [0.2, 0.25) is 0 Å². The van der Waals surface area contributed by atoms with Crippen molar-refractivity contribution in [3.05, 3.63) is 64.9 Å². The van der Waals surface area contributed by atoms with Gasteiger partial charge in [-0.2, -0.15) is 0 Å². The number of ether oxygens (including phenoxy) is 2. The maximum Gasteiger partial charge on any atom is 0.192 e. The van der Waals surface area contributed by atoms with Gasteiger partial charge in [-0.1, -0.05) is 47.6 Å². The maximum atomic E-state index is 6.02. The summed E-state index contributed by atoms with van der Waals surface area (Å²) in [6.45, 7) is 0.421. The lowest BCUT2D eigenvalue weighted by molar-refractivity contribution is 0.0825. The van der Waals surface area contributed by atoms with Crippen molar-refractivity contribution in [2.45, 2.75) is 17.0 Å². The molecule has 7 heteroatoms. The summed E-state index contributed by atoms with van der Waals surface area (Å²) in [6.07, 6.45) is -0.266. The zero-order valence-corrected chi connectivity index (χ0v) is 15.1. The Labute approximate surface area is 154 Å². The van der Waals surface area contributed by atoms with E-state index in [0.29, 0.717) is 6.61 Å². The Morgan fingerprint density at radius 3 is 2.68 bits per heavy atom. The van der Waals surface area contributed by atoms with Crippen LogP contribution in [0.25, 0.3) is 0 Å². The number of fused-ring (bicyclic) bond motifs is 1. The lowest BCUT2D eigenvalue weighted by Crippen LogP contribution is -2.24.